The van der Waals surface area contributed by atoms with Gasteiger partial charge in [-0.15, -0.1) is 0 Å². The second-order valence-electron chi connectivity index (χ2n) is 3.05. The second-order valence-corrected chi connectivity index (χ2v) is 3.05. The maximum absolute atomic E-state index is 11.2. The first-order chi connectivity index (χ1) is 6.65. The van der Waals surface area contributed by atoms with Gasteiger partial charge in [0.2, 0.25) is 0 Å². The number of para-hydroxylation sites is 2. The van der Waals surface area contributed by atoms with Crippen molar-refractivity contribution < 1.29 is 14.6 Å². The molecule has 3 heteroatoms. The van der Waals surface area contributed by atoms with Crippen LogP contribution in [0.1, 0.15) is 20.3 Å². The lowest BCUT2D eigenvalue weighted by Crippen LogP contribution is -2.22. The van der Waals surface area contributed by atoms with Gasteiger partial charge in [-0.3, -0.25) is 4.79 Å². The van der Waals surface area contributed by atoms with E-state index >= 15 is 0 Å². The maximum Gasteiger partial charge on any atom is 0.172 e. The van der Waals surface area contributed by atoms with E-state index < -0.39 is 6.10 Å². The molecule has 3 nitrogen and oxygen atoms in total. The standard InChI is InChI=1S/C11H14O3/c1-3-9(12)8(2)14-11-7-5-4-6-10(11)13/h4-8,13H,3H2,1-2H3/t8-/m1/s1. The van der Waals surface area contributed by atoms with E-state index in [1.807, 2.05) is 0 Å². The van der Waals surface area contributed by atoms with Gasteiger partial charge in [0.25, 0.3) is 0 Å². The molecule has 0 spiro atoms. The molecule has 0 unspecified atom stereocenters. The number of carbonyl (C=O) groups excluding carboxylic acids is 1. The zero-order valence-electron chi connectivity index (χ0n) is 8.36. The summed E-state index contributed by atoms with van der Waals surface area (Å²) in [6.45, 7) is 3.46. The summed E-state index contributed by atoms with van der Waals surface area (Å²) in [6, 6.07) is 6.61. The smallest absolute Gasteiger partial charge is 0.172 e. The van der Waals surface area contributed by atoms with Crippen molar-refractivity contribution in [3.05, 3.63) is 24.3 Å². The molecule has 0 aromatic heterocycles. The second kappa shape index (κ2) is 4.65. The number of benzene rings is 1. The van der Waals surface area contributed by atoms with E-state index in [1.54, 1.807) is 32.0 Å². The molecule has 1 atom stereocenters. The maximum atomic E-state index is 11.2. The number of Topliss-reactive ketones (excluding diaryl/α,β-unsaturated/α-hetero) is 1. The van der Waals surface area contributed by atoms with Crippen molar-refractivity contribution >= 4 is 5.78 Å². The fraction of sp³-hybridized carbons (Fsp3) is 0.364. The number of hydrogen-bond donors (Lipinski definition) is 1. The van der Waals surface area contributed by atoms with Gasteiger partial charge in [-0.05, 0) is 19.1 Å². The molecule has 0 heterocycles. The summed E-state index contributed by atoms with van der Waals surface area (Å²) in [6.07, 6.45) is -0.0670. The molecule has 0 saturated carbocycles. The third-order valence-electron chi connectivity index (χ3n) is 1.97. The van der Waals surface area contributed by atoms with Crippen molar-refractivity contribution in [2.24, 2.45) is 0 Å². The third kappa shape index (κ3) is 2.49. The monoisotopic (exact) mass is 194 g/mol. The van der Waals surface area contributed by atoms with Crippen LogP contribution in [-0.4, -0.2) is 17.0 Å². The van der Waals surface area contributed by atoms with Crippen molar-refractivity contribution in [1.29, 1.82) is 0 Å². The molecule has 0 fully saturated rings. The highest BCUT2D eigenvalue weighted by Crippen LogP contribution is 2.25. The van der Waals surface area contributed by atoms with Crippen molar-refractivity contribution in [2.45, 2.75) is 26.4 Å². The van der Waals surface area contributed by atoms with E-state index in [4.69, 9.17) is 4.74 Å². The van der Waals surface area contributed by atoms with Gasteiger partial charge < -0.3 is 9.84 Å². The fourth-order valence-corrected chi connectivity index (χ4v) is 1.10. The molecule has 0 aliphatic carbocycles. The molecule has 76 valence electrons. The number of hydrogen-bond acceptors (Lipinski definition) is 3. The normalized spacial score (nSPS) is 12.1. The Bertz CT molecular complexity index is 320. The number of phenols is 1. The van der Waals surface area contributed by atoms with Gasteiger partial charge in [-0.2, -0.15) is 0 Å². The first-order valence-electron chi connectivity index (χ1n) is 4.62. The van der Waals surface area contributed by atoms with Crippen LogP contribution >= 0.6 is 0 Å². The summed E-state index contributed by atoms with van der Waals surface area (Å²) in [7, 11) is 0. The van der Waals surface area contributed by atoms with Crippen LogP contribution in [0, 0.1) is 0 Å². The number of ketones is 1. The van der Waals surface area contributed by atoms with Crippen molar-refractivity contribution in [3.8, 4) is 11.5 Å². The molecule has 1 N–H and O–H groups in total. The summed E-state index contributed by atoms with van der Waals surface area (Å²) in [5.74, 6) is 0.429. The Morgan fingerprint density at radius 3 is 2.71 bits per heavy atom. The van der Waals surface area contributed by atoms with Gasteiger partial charge >= 0.3 is 0 Å². The number of ether oxygens (including phenoxy) is 1. The number of rotatable bonds is 4. The van der Waals surface area contributed by atoms with Crippen LogP contribution in [0.4, 0.5) is 0 Å². The quantitative estimate of drug-likeness (QED) is 0.798. The molecule has 14 heavy (non-hydrogen) atoms. The molecule has 0 aliphatic heterocycles. The summed E-state index contributed by atoms with van der Waals surface area (Å²) < 4.78 is 5.30. The Kier molecular flexibility index (Phi) is 3.51. The molecule has 1 aromatic rings. The van der Waals surface area contributed by atoms with Crippen LogP contribution in [0.2, 0.25) is 0 Å². The van der Waals surface area contributed by atoms with Crippen LogP contribution in [0.15, 0.2) is 24.3 Å². The minimum Gasteiger partial charge on any atom is -0.504 e. The van der Waals surface area contributed by atoms with Crippen molar-refractivity contribution in [2.75, 3.05) is 0 Å². The Morgan fingerprint density at radius 2 is 2.14 bits per heavy atom. The summed E-state index contributed by atoms with van der Waals surface area (Å²) >= 11 is 0. The van der Waals surface area contributed by atoms with Crippen LogP contribution in [0.3, 0.4) is 0 Å². The van der Waals surface area contributed by atoms with Gasteiger partial charge in [-0.25, -0.2) is 0 Å². The zero-order chi connectivity index (χ0) is 10.6. The number of aromatic hydroxyl groups is 1. The van der Waals surface area contributed by atoms with E-state index in [0.717, 1.165) is 0 Å². The topological polar surface area (TPSA) is 46.5 Å². The lowest BCUT2D eigenvalue weighted by molar-refractivity contribution is -0.124. The van der Waals surface area contributed by atoms with Gasteiger partial charge in [0.1, 0.15) is 0 Å². The number of phenolic OH excluding ortho intramolecular Hbond substituents is 1. The van der Waals surface area contributed by atoms with E-state index in [2.05, 4.69) is 0 Å². The molecule has 0 aliphatic rings. The Morgan fingerprint density at radius 1 is 1.50 bits per heavy atom. The highest BCUT2D eigenvalue weighted by atomic mass is 16.5. The van der Waals surface area contributed by atoms with Crippen LogP contribution < -0.4 is 4.74 Å². The highest BCUT2D eigenvalue weighted by molar-refractivity contribution is 5.82. The number of carbonyl (C=O) groups is 1. The first kappa shape index (κ1) is 10.6. The van der Waals surface area contributed by atoms with E-state index in [9.17, 15) is 9.90 Å². The minimum absolute atomic E-state index is 0.0215. The SMILES string of the molecule is CCC(=O)[C@@H](C)Oc1ccccc1O. The largest absolute Gasteiger partial charge is 0.504 e. The van der Waals surface area contributed by atoms with Gasteiger partial charge in [0, 0.05) is 6.42 Å². The Labute approximate surface area is 83.3 Å². The van der Waals surface area contributed by atoms with Gasteiger partial charge in [-0.1, -0.05) is 19.1 Å². The average Bonchev–Trinajstić information content (AvgIpc) is 2.20. The van der Waals surface area contributed by atoms with Crippen molar-refractivity contribution in [3.63, 3.8) is 0 Å². The summed E-state index contributed by atoms with van der Waals surface area (Å²) in [5, 5.41) is 9.38. The molecular formula is C11H14O3. The van der Waals surface area contributed by atoms with E-state index in [-0.39, 0.29) is 11.5 Å². The van der Waals surface area contributed by atoms with Crippen LogP contribution in [0.25, 0.3) is 0 Å². The zero-order valence-corrected chi connectivity index (χ0v) is 8.36. The molecule has 1 rings (SSSR count). The summed E-state index contributed by atoms with van der Waals surface area (Å²) in [4.78, 5) is 11.2. The molecule has 1 aromatic carbocycles. The predicted molar refractivity (Wildman–Crippen MR) is 53.5 cm³/mol. The minimum atomic E-state index is -0.506. The van der Waals surface area contributed by atoms with Crippen LogP contribution in [-0.2, 0) is 4.79 Å². The Balaban J connectivity index is 2.69. The van der Waals surface area contributed by atoms with Gasteiger partial charge in [0.05, 0.1) is 0 Å². The Hall–Kier alpha value is -1.51. The average molecular weight is 194 g/mol. The van der Waals surface area contributed by atoms with Crippen LogP contribution in [0.5, 0.6) is 11.5 Å². The lowest BCUT2D eigenvalue weighted by Gasteiger charge is -2.13. The molecule has 0 amide bonds. The van der Waals surface area contributed by atoms with Crippen molar-refractivity contribution in [1.82, 2.24) is 0 Å². The highest BCUT2D eigenvalue weighted by Gasteiger charge is 2.13. The van der Waals surface area contributed by atoms with Gasteiger partial charge in [0.15, 0.2) is 23.4 Å². The predicted octanol–water partition coefficient (Wildman–Crippen LogP) is 2.14. The fourth-order valence-electron chi connectivity index (χ4n) is 1.10. The first-order valence-corrected chi connectivity index (χ1v) is 4.62. The molecule has 0 bridgehead atoms. The molecular weight excluding hydrogens is 180 g/mol. The molecule has 0 radical (unpaired) electrons. The summed E-state index contributed by atoms with van der Waals surface area (Å²) in [5.41, 5.74) is 0. The third-order valence-corrected chi connectivity index (χ3v) is 1.97. The van der Waals surface area contributed by atoms with E-state index in [1.165, 1.54) is 6.07 Å². The molecule has 0 saturated heterocycles. The van der Waals surface area contributed by atoms with E-state index in [0.29, 0.717) is 12.2 Å². The lowest BCUT2D eigenvalue weighted by atomic mass is 10.2.